The highest BCUT2D eigenvalue weighted by Crippen LogP contribution is 2.42. The van der Waals surface area contributed by atoms with E-state index in [9.17, 15) is 0 Å². The SMILES string of the molecule is CCN(C1CC1)C(CN)C1CCC(C(C)(C)C)CC1. The fraction of sp³-hybridized carbons (Fsp3) is 1.00. The number of likely N-dealkylation sites (N-methyl/N-ethyl adjacent to an activating group) is 1. The molecule has 1 unspecified atom stereocenters. The lowest BCUT2D eigenvalue weighted by Crippen LogP contribution is -2.48. The quantitative estimate of drug-likeness (QED) is 0.823. The van der Waals surface area contributed by atoms with E-state index < -0.39 is 0 Å². The van der Waals surface area contributed by atoms with Gasteiger partial charge in [0.05, 0.1) is 0 Å². The Morgan fingerprint density at radius 1 is 1.05 bits per heavy atom. The van der Waals surface area contributed by atoms with Crippen LogP contribution in [0.4, 0.5) is 0 Å². The first kappa shape index (κ1) is 15.3. The first-order valence-electron chi connectivity index (χ1n) is 8.43. The van der Waals surface area contributed by atoms with Crippen molar-refractivity contribution in [2.45, 2.75) is 78.3 Å². The second-order valence-corrected chi connectivity index (χ2v) is 7.84. The van der Waals surface area contributed by atoms with Crippen LogP contribution >= 0.6 is 0 Å². The summed E-state index contributed by atoms with van der Waals surface area (Å²) >= 11 is 0. The molecule has 0 aromatic rings. The molecule has 2 heteroatoms. The molecule has 0 aliphatic heterocycles. The molecule has 2 aliphatic rings. The summed E-state index contributed by atoms with van der Waals surface area (Å²) in [5, 5.41) is 0. The second-order valence-electron chi connectivity index (χ2n) is 7.84. The predicted molar refractivity (Wildman–Crippen MR) is 83.1 cm³/mol. The minimum Gasteiger partial charge on any atom is -0.329 e. The smallest absolute Gasteiger partial charge is 0.0249 e. The normalized spacial score (nSPS) is 30.6. The molecule has 2 aliphatic carbocycles. The molecule has 2 nitrogen and oxygen atoms in total. The lowest BCUT2D eigenvalue weighted by Gasteiger charge is -2.42. The molecule has 2 rings (SSSR count). The molecular weight excluding hydrogens is 232 g/mol. The molecular formula is C17H34N2. The van der Waals surface area contributed by atoms with Crippen molar-refractivity contribution in [3.63, 3.8) is 0 Å². The summed E-state index contributed by atoms with van der Waals surface area (Å²) in [6, 6.07) is 1.51. The number of rotatable bonds is 5. The van der Waals surface area contributed by atoms with Crippen LogP contribution in [0.1, 0.15) is 66.2 Å². The Hall–Kier alpha value is -0.0800. The van der Waals surface area contributed by atoms with Gasteiger partial charge in [0, 0.05) is 18.6 Å². The van der Waals surface area contributed by atoms with E-state index in [0.29, 0.717) is 11.5 Å². The molecule has 0 heterocycles. The van der Waals surface area contributed by atoms with Gasteiger partial charge in [-0.1, -0.05) is 27.7 Å². The van der Waals surface area contributed by atoms with Crippen LogP contribution in [0.5, 0.6) is 0 Å². The first-order chi connectivity index (χ1) is 8.97. The van der Waals surface area contributed by atoms with Crippen LogP contribution < -0.4 is 5.73 Å². The van der Waals surface area contributed by atoms with Crippen LogP contribution in [-0.2, 0) is 0 Å². The standard InChI is InChI=1S/C17H34N2/c1-5-19(15-10-11-15)16(12-18)13-6-8-14(9-7-13)17(2,3)4/h13-16H,5-12,18H2,1-4H3. The third kappa shape index (κ3) is 3.72. The van der Waals surface area contributed by atoms with E-state index in [0.717, 1.165) is 24.4 Å². The molecule has 0 radical (unpaired) electrons. The van der Waals surface area contributed by atoms with Crippen LogP contribution in [0.15, 0.2) is 0 Å². The Labute approximate surface area is 120 Å². The fourth-order valence-electron chi connectivity index (χ4n) is 4.14. The second kappa shape index (κ2) is 6.13. The van der Waals surface area contributed by atoms with Gasteiger partial charge < -0.3 is 5.73 Å². The third-order valence-electron chi connectivity index (χ3n) is 5.59. The van der Waals surface area contributed by atoms with Crippen LogP contribution in [-0.4, -0.2) is 30.1 Å². The maximum atomic E-state index is 6.12. The summed E-state index contributed by atoms with van der Waals surface area (Å²) in [7, 11) is 0. The van der Waals surface area contributed by atoms with Crippen molar-refractivity contribution in [2.75, 3.05) is 13.1 Å². The summed E-state index contributed by atoms with van der Waals surface area (Å²) in [5.41, 5.74) is 6.61. The van der Waals surface area contributed by atoms with Gasteiger partial charge in [-0.05, 0) is 62.3 Å². The molecule has 0 spiro atoms. The van der Waals surface area contributed by atoms with E-state index in [-0.39, 0.29) is 0 Å². The van der Waals surface area contributed by atoms with Gasteiger partial charge in [-0.25, -0.2) is 0 Å². The van der Waals surface area contributed by atoms with Crippen molar-refractivity contribution in [3.8, 4) is 0 Å². The Morgan fingerprint density at radius 3 is 2.00 bits per heavy atom. The van der Waals surface area contributed by atoms with Gasteiger partial charge in [0.25, 0.3) is 0 Å². The Kier molecular flexibility index (Phi) is 4.94. The zero-order chi connectivity index (χ0) is 14.0. The highest BCUT2D eigenvalue weighted by Gasteiger charge is 2.38. The van der Waals surface area contributed by atoms with Crippen molar-refractivity contribution >= 4 is 0 Å². The Bertz CT molecular complexity index is 269. The molecule has 0 amide bonds. The minimum atomic E-state index is 0.490. The van der Waals surface area contributed by atoms with E-state index in [1.165, 1.54) is 45.1 Å². The van der Waals surface area contributed by atoms with Gasteiger partial charge in [0.15, 0.2) is 0 Å². The van der Waals surface area contributed by atoms with Gasteiger partial charge in [0.1, 0.15) is 0 Å². The number of hydrogen-bond donors (Lipinski definition) is 1. The van der Waals surface area contributed by atoms with Crippen molar-refractivity contribution in [1.82, 2.24) is 4.90 Å². The van der Waals surface area contributed by atoms with Crippen LogP contribution in [0, 0.1) is 17.3 Å². The topological polar surface area (TPSA) is 29.3 Å². The zero-order valence-electron chi connectivity index (χ0n) is 13.5. The average Bonchev–Trinajstić information content (AvgIpc) is 3.19. The maximum Gasteiger partial charge on any atom is 0.0249 e. The van der Waals surface area contributed by atoms with Crippen LogP contribution in [0.2, 0.25) is 0 Å². The maximum absolute atomic E-state index is 6.12. The lowest BCUT2D eigenvalue weighted by molar-refractivity contribution is 0.0802. The van der Waals surface area contributed by atoms with E-state index >= 15 is 0 Å². The molecule has 1 atom stereocenters. The van der Waals surface area contributed by atoms with Gasteiger partial charge in [-0.3, -0.25) is 4.90 Å². The van der Waals surface area contributed by atoms with Gasteiger partial charge >= 0.3 is 0 Å². The van der Waals surface area contributed by atoms with E-state index in [2.05, 4.69) is 32.6 Å². The number of nitrogens with two attached hydrogens (primary N) is 1. The molecule has 0 bridgehead atoms. The van der Waals surface area contributed by atoms with Crippen molar-refractivity contribution in [3.05, 3.63) is 0 Å². The Balaban J connectivity index is 1.91. The Morgan fingerprint density at radius 2 is 1.63 bits per heavy atom. The zero-order valence-corrected chi connectivity index (χ0v) is 13.5. The predicted octanol–water partition coefficient (Wildman–Crippen LogP) is 3.65. The minimum absolute atomic E-state index is 0.490. The lowest BCUT2D eigenvalue weighted by atomic mass is 9.68. The van der Waals surface area contributed by atoms with E-state index in [1.54, 1.807) is 0 Å². The fourth-order valence-corrected chi connectivity index (χ4v) is 4.14. The van der Waals surface area contributed by atoms with Crippen molar-refractivity contribution in [2.24, 2.45) is 23.0 Å². The summed E-state index contributed by atoms with van der Waals surface area (Å²) in [6.07, 6.45) is 8.42. The molecule has 2 N–H and O–H groups in total. The summed E-state index contributed by atoms with van der Waals surface area (Å²) in [5.74, 6) is 1.77. The number of hydrogen-bond acceptors (Lipinski definition) is 2. The summed E-state index contributed by atoms with van der Waals surface area (Å²) < 4.78 is 0. The molecule has 19 heavy (non-hydrogen) atoms. The molecule has 112 valence electrons. The van der Waals surface area contributed by atoms with Crippen molar-refractivity contribution in [1.29, 1.82) is 0 Å². The third-order valence-corrected chi connectivity index (χ3v) is 5.59. The van der Waals surface area contributed by atoms with Gasteiger partial charge in [-0.2, -0.15) is 0 Å². The van der Waals surface area contributed by atoms with E-state index in [1.807, 2.05) is 0 Å². The van der Waals surface area contributed by atoms with Crippen molar-refractivity contribution < 1.29 is 0 Å². The van der Waals surface area contributed by atoms with Crippen LogP contribution in [0.25, 0.3) is 0 Å². The summed E-state index contributed by atoms with van der Waals surface area (Å²) in [4.78, 5) is 2.71. The first-order valence-corrected chi connectivity index (χ1v) is 8.43. The average molecular weight is 266 g/mol. The highest BCUT2D eigenvalue weighted by atomic mass is 15.2. The molecule has 0 saturated heterocycles. The van der Waals surface area contributed by atoms with Gasteiger partial charge in [-0.15, -0.1) is 0 Å². The van der Waals surface area contributed by atoms with Crippen LogP contribution in [0.3, 0.4) is 0 Å². The number of nitrogens with zero attached hydrogens (tertiary/aromatic N) is 1. The monoisotopic (exact) mass is 266 g/mol. The molecule has 2 fully saturated rings. The highest BCUT2D eigenvalue weighted by molar-refractivity contribution is 4.93. The van der Waals surface area contributed by atoms with Gasteiger partial charge in [0.2, 0.25) is 0 Å². The largest absolute Gasteiger partial charge is 0.329 e. The summed E-state index contributed by atoms with van der Waals surface area (Å²) in [6.45, 7) is 11.6. The molecule has 0 aromatic heterocycles. The van der Waals surface area contributed by atoms with E-state index in [4.69, 9.17) is 5.73 Å². The molecule has 0 aromatic carbocycles. The molecule has 2 saturated carbocycles.